The van der Waals surface area contributed by atoms with Crippen molar-refractivity contribution in [2.24, 2.45) is 5.92 Å². The van der Waals surface area contributed by atoms with Gasteiger partial charge in [-0.25, -0.2) is 0 Å². The summed E-state index contributed by atoms with van der Waals surface area (Å²) in [6.45, 7) is 2.40. The molecule has 1 atom stereocenters. The number of rotatable bonds is 3. The molecule has 1 aliphatic rings. The van der Waals surface area contributed by atoms with Crippen LogP contribution in [0.25, 0.3) is 0 Å². The van der Waals surface area contributed by atoms with E-state index in [0.717, 1.165) is 29.9 Å². The Morgan fingerprint density at radius 3 is 3.25 bits per heavy atom. The third kappa shape index (κ3) is 2.78. The third-order valence-corrected chi connectivity index (χ3v) is 4.02. The van der Waals surface area contributed by atoms with Crippen molar-refractivity contribution >= 4 is 17.7 Å². The Morgan fingerprint density at radius 2 is 2.62 bits per heavy atom. The quantitative estimate of drug-likeness (QED) is 0.874. The summed E-state index contributed by atoms with van der Waals surface area (Å²) in [6.07, 6.45) is 3.75. The van der Waals surface area contributed by atoms with Crippen LogP contribution in [0.2, 0.25) is 0 Å². The molecule has 2 heterocycles. The van der Waals surface area contributed by atoms with Gasteiger partial charge in [0.15, 0.2) is 0 Å². The molecule has 5 heteroatoms. The second-order valence-corrected chi connectivity index (χ2v) is 5.23. The number of carbonyl (C=O) groups excluding carboxylic acids is 1. The predicted octanol–water partition coefficient (Wildman–Crippen LogP) is 1.74. The fourth-order valence-electron chi connectivity index (χ4n) is 1.74. The van der Waals surface area contributed by atoms with E-state index in [2.05, 4.69) is 10.5 Å². The van der Waals surface area contributed by atoms with Gasteiger partial charge >= 0.3 is 0 Å². The minimum Gasteiger partial charge on any atom is -0.364 e. The zero-order chi connectivity index (χ0) is 11.4. The Morgan fingerprint density at radius 1 is 1.75 bits per heavy atom. The van der Waals surface area contributed by atoms with Gasteiger partial charge in [0.2, 0.25) is 5.91 Å². The number of thioether (sulfide) groups is 1. The molecular weight excluding hydrogens is 224 g/mol. The van der Waals surface area contributed by atoms with Crippen LogP contribution in [0.15, 0.2) is 10.8 Å². The summed E-state index contributed by atoms with van der Waals surface area (Å²) >= 11 is 1.86. The minimum absolute atomic E-state index is 0.148. The molecule has 1 saturated heterocycles. The molecular formula is C11H16N2O2S. The van der Waals surface area contributed by atoms with Gasteiger partial charge in [0, 0.05) is 17.2 Å². The SMILES string of the molecule is Cc1conc1CNC(=O)C1CCCSC1. The van der Waals surface area contributed by atoms with E-state index in [9.17, 15) is 4.79 Å². The van der Waals surface area contributed by atoms with E-state index >= 15 is 0 Å². The molecule has 0 bridgehead atoms. The molecule has 88 valence electrons. The van der Waals surface area contributed by atoms with E-state index in [4.69, 9.17) is 4.52 Å². The molecule has 0 aliphatic carbocycles. The van der Waals surface area contributed by atoms with Gasteiger partial charge in [0.1, 0.15) is 12.0 Å². The van der Waals surface area contributed by atoms with Crippen molar-refractivity contribution in [2.75, 3.05) is 11.5 Å². The second-order valence-electron chi connectivity index (χ2n) is 4.08. The molecule has 16 heavy (non-hydrogen) atoms. The Bertz CT molecular complexity index is 359. The topological polar surface area (TPSA) is 55.1 Å². The van der Waals surface area contributed by atoms with Crippen LogP contribution in [-0.2, 0) is 11.3 Å². The average molecular weight is 240 g/mol. The van der Waals surface area contributed by atoms with Crippen molar-refractivity contribution in [3.8, 4) is 0 Å². The monoisotopic (exact) mass is 240 g/mol. The van der Waals surface area contributed by atoms with Gasteiger partial charge in [-0.3, -0.25) is 4.79 Å². The van der Waals surface area contributed by atoms with Crippen LogP contribution >= 0.6 is 11.8 Å². The van der Waals surface area contributed by atoms with Crippen LogP contribution in [0.4, 0.5) is 0 Å². The lowest BCUT2D eigenvalue weighted by Gasteiger charge is -2.20. The maximum absolute atomic E-state index is 11.8. The maximum atomic E-state index is 11.8. The van der Waals surface area contributed by atoms with Gasteiger partial charge in [-0.2, -0.15) is 11.8 Å². The van der Waals surface area contributed by atoms with Crippen molar-refractivity contribution in [1.29, 1.82) is 0 Å². The van der Waals surface area contributed by atoms with E-state index in [1.165, 1.54) is 5.75 Å². The molecule has 1 unspecified atom stereocenters. The summed E-state index contributed by atoms with van der Waals surface area (Å²) in [6, 6.07) is 0. The number of nitrogens with one attached hydrogen (secondary N) is 1. The van der Waals surface area contributed by atoms with Crippen molar-refractivity contribution in [3.05, 3.63) is 17.5 Å². The first kappa shape index (κ1) is 11.5. The standard InChI is InChI=1S/C11H16N2O2S/c1-8-6-15-13-10(8)5-12-11(14)9-3-2-4-16-7-9/h6,9H,2-5,7H2,1H3,(H,12,14). The molecule has 0 spiro atoms. The first-order chi connectivity index (χ1) is 7.77. The predicted molar refractivity (Wildman–Crippen MR) is 63.1 cm³/mol. The summed E-state index contributed by atoms with van der Waals surface area (Å²) in [5.41, 5.74) is 1.80. The first-order valence-electron chi connectivity index (χ1n) is 5.52. The van der Waals surface area contributed by atoms with Crippen LogP contribution < -0.4 is 5.32 Å². The van der Waals surface area contributed by atoms with E-state index in [-0.39, 0.29) is 11.8 Å². The lowest BCUT2D eigenvalue weighted by Crippen LogP contribution is -2.33. The Labute approximate surface area is 99.1 Å². The van der Waals surface area contributed by atoms with Gasteiger partial charge in [-0.05, 0) is 25.5 Å². The normalized spacial score (nSPS) is 20.7. The lowest BCUT2D eigenvalue weighted by molar-refractivity contribution is -0.124. The fourth-order valence-corrected chi connectivity index (χ4v) is 2.88. The molecule has 1 amide bonds. The number of hydrogen-bond donors (Lipinski definition) is 1. The number of carbonyl (C=O) groups is 1. The Balaban J connectivity index is 1.81. The summed E-state index contributed by atoms with van der Waals surface area (Å²) in [5, 5.41) is 6.76. The smallest absolute Gasteiger partial charge is 0.224 e. The summed E-state index contributed by atoms with van der Waals surface area (Å²) in [4.78, 5) is 11.8. The molecule has 1 aromatic heterocycles. The van der Waals surface area contributed by atoms with Gasteiger partial charge in [0.05, 0.1) is 6.54 Å². The zero-order valence-corrected chi connectivity index (χ0v) is 10.2. The highest BCUT2D eigenvalue weighted by atomic mass is 32.2. The number of amides is 1. The molecule has 1 N–H and O–H groups in total. The number of aryl methyl sites for hydroxylation is 1. The fraction of sp³-hybridized carbons (Fsp3) is 0.636. The summed E-state index contributed by atoms with van der Waals surface area (Å²) < 4.78 is 4.82. The van der Waals surface area contributed by atoms with Crippen LogP contribution in [0.5, 0.6) is 0 Å². The molecule has 0 saturated carbocycles. The number of hydrogen-bond acceptors (Lipinski definition) is 4. The van der Waals surface area contributed by atoms with Crippen LogP contribution in [0.3, 0.4) is 0 Å². The highest BCUT2D eigenvalue weighted by Crippen LogP contribution is 2.22. The van der Waals surface area contributed by atoms with Crippen LogP contribution in [-0.4, -0.2) is 22.6 Å². The zero-order valence-electron chi connectivity index (χ0n) is 9.36. The third-order valence-electron chi connectivity index (χ3n) is 2.81. The van der Waals surface area contributed by atoms with Crippen molar-refractivity contribution < 1.29 is 9.32 Å². The molecule has 1 aliphatic heterocycles. The molecule has 1 aromatic rings. The van der Waals surface area contributed by atoms with Crippen molar-refractivity contribution in [2.45, 2.75) is 26.3 Å². The molecule has 4 nitrogen and oxygen atoms in total. The van der Waals surface area contributed by atoms with E-state index in [1.54, 1.807) is 6.26 Å². The van der Waals surface area contributed by atoms with Crippen molar-refractivity contribution in [3.63, 3.8) is 0 Å². The van der Waals surface area contributed by atoms with Crippen molar-refractivity contribution in [1.82, 2.24) is 10.5 Å². The maximum Gasteiger partial charge on any atom is 0.224 e. The molecule has 0 radical (unpaired) electrons. The second kappa shape index (κ2) is 5.39. The van der Waals surface area contributed by atoms with Crippen LogP contribution in [0.1, 0.15) is 24.1 Å². The Kier molecular flexibility index (Phi) is 3.88. The van der Waals surface area contributed by atoms with Gasteiger partial charge in [0.25, 0.3) is 0 Å². The molecule has 1 fully saturated rings. The van der Waals surface area contributed by atoms with Crippen LogP contribution in [0, 0.1) is 12.8 Å². The Hall–Kier alpha value is -0.970. The number of aromatic nitrogens is 1. The highest BCUT2D eigenvalue weighted by molar-refractivity contribution is 7.99. The largest absolute Gasteiger partial charge is 0.364 e. The average Bonchev–Trinajstić information content (AvgIpc) is 2.73. The van der Waals surface area contributed by atoms with E-state index < -0.39 is 0 Å². The van der Waals surface area contributed by atoms with E-state index in [0.29, 0.717) is 6.54 Å². The van der Waals surface area contributed by atoms with Gasteiger partial charge in [-0.1, -0.05) is 5.16 Å². The highest BCUT2D eigenvalue weighted by Gasteiger charge is 2.21. The summed E-state index contributed by atoms with van der Waals surface area (Å²) in [7, 11) is 0. The molecule has 2 rings (SSSR count). The lowest BCUT2D eigenvalue weighted by atomic mass is 10.0. The first-order valence-corrected chi connectivity index (χ1v) is 6.68. The number of nitrogens with zero attached hydrogens (tertiary/aromatic N) is 1. The van der Waals surface area contributed by atoms with Gasteiger partial charge < -0.3 is 9.84 Å². The van der Waals surface area contributed by atoms with E-state index in [1.807, 2.05) is 18.7 Å². The summed E-state index contributed by atoms with van der Waals surface area (Å²) in [5.74, 6) is 2.45. The minimum atomic E-state index is 0.148. The molecule has 0 aromatic carbocycles. The van der Waals surface area contributed by atoms with Gasteiger partial charge in [-0.15, -0.1) is 0 Å².